The van der Waals surface area contributed by atoms with Gasteiger partial charge in [0.05, 0.1) is 0 Å². The molecule has 0 bridgehead atoms. The van der Waals surface area contributed by atoms with Crippen molar-refractivity contribution in [2.24, 2.45) is 5.73 Å². The third-order valence-electron chi connectivity index (χ3n) is 2.76. The van der Waals surface area contributed by atoms with E-state index in [9.17, 15) is 27.6 Å². The molecule has 118 valence electrons. The van der Waals surface area contributed by atoms with E-state index in [0.717, 1.165) is 4.90 Å². The van der Waals surface area contributed by atoms with Crippen molar-refractivity contribution < 1.29 is 32.3 Å². The monoisotopic (exact) mass is 308 g/mol. The van der Waals surface area contributed by atoms with E-state index in [4.69, 9.17) is 5.73 Å². The van der Waals surface area contributed by atoms with Gasteiger partial charge in [-0.15, -0.1) is 0 Å². The van der Waals surface area contributed by atoms with Gasteiger partial charge in [-0.1, -0.05) is 6.42 Å². The Balaban J connectivity index is 2.13. The first kappa shape index (κ1) is 17.2. The molecule has 2 N–H and O–H groups in total. The van der Waals surface area contributed by atoms with Gasteiger partial charge in [0.2, 0.25) is 0 Å². The van der Waals surface area contributed by atoms with Crippen molar-refractivity contribution in [2.75, 3.05) is 6.54 Å². The van der Waals surface area contributed by atoms with Crippen molar-refractivity contribution in [2.45, 2.75) is 38.1 Å². The minimum Gasteiger partial charge on any atom is -0.440 e. The van der Waals surface area contributed by atoms with Gasteiger partial charge in [0.15, 0.2) is 6.23 Å². The topological polar surface area (TPSA) is 89.7 Å². The van der Waals surface area contributed by atoms with Gasteiger partial charge in [-0.3, -0.25) is 20.2 Å². The minimum absolute atomic E-state index is 0.0714. The van der Waals surface area contributed by atoms with Crippen LogP contribution in [0.1, 0.15) is 25.7 Å². The zero-order valence-electron chi connectivity index (χ0n) is 11.1. The fraction of sp³-hybridized carbons (Fsp3) is 0.583. The third-order valence-corrected chi connectivity index (χ3v) is 2.76. The number of nitrogens with zero attached hydrogens (tertiary/aromatic N) is 1. The second-order valence-electron chi connectivity index (χ2n) is 4.45. The molecule has 2 amide bonds. The van der Waals surface area contributed by atoms with Gasteiger partial charge in [0.25, 0.3) is 11.8 Å². The summed E-state index contributed by atoms with van der Waals surface area (Å²) in [5.41, 5.74) is 5.25. The van der Waals surface area contributed by atoms with Crippen LogP contribution in [0.15, 0.2) is 12.2 Å². The largest absolute Gasteiger partial charge is 0.490 e. The Labute approximate surface area is 118 Å². The Bertz CT molecular complexity index is 430. The molecule has 1 aliphatic rings. The first-order chi connectivity index (χ1) is 9.71. The van der Waals surface area contributed by atoms with Gasteiger partial charge in [0.1, 0.15) is 0 Å². The average Bonchev–Trinajstić information content (AvgIpc) is 2.68. The summed E-state index contributed by atoms with van der Waals surface area (Å²) in [6, 6.07) is 0. The first-order valence-electron chi connectivity index (χ1n) is 6.28. The molecule has 0 aliphatic carbocycles. The number of ether oxygens (including phenoxy) is 1. The summed E-state index contributed by atoms with van der Waals surface area (Å²) in [6.07, 6.45) is -2.51. The Morgan fingerprint density at radius 1 is 1.19 bits per heavy atom. The van der Waals surface area contributed by atoms with Gasteiger partial charge in [-0.05, 0) is 19.3 Å². The van der Waals surface area contributed by atoms with E-state index in [1.54, 1.807) is 0 Å². The summed E-state index contributed by atoms with van der Waals surface area (Å²) in [5, 5.41) is 0. The molecule has 1 heterocycles. The summed E-state index contributed by atoms with van der Waals surface area (Å²) >= 11 is 0. The number of alkyl halides is 3. The average molecular weight is 308 g/mol. The van der Waals surface area contributed by atoms with Crippen LogP contribution >= 0.6 is 0 Å². The Kier molecular flexibility index (Phi) is 5.89. The molecule has 0 saturated heterocycles. The Morgan fingerprint density at radius 2 is 1.76 bits per heavy atom. The highest BCUT2D eigenvalue weighted by Crippen LogP contribution is 2.18. The van der Waals surface area contributed by atoms with Crippen LogP contribution in [0.3, 0.4) is 0 Å². The molecule has 0 fully saturated rings. The van der Waals surface area contributed by atoms with Crippen LogP contribution in [0.4, 0.5) is 13.2 Å². The normalized spacial score (nSPS) is 16.5. The number of imide groups is 1. The van der Waals surface area contributed by atoms with E-state index < -0.39 is 18.4 Å². The van der Waals surface area contributed by atoms with E-state index >= 15 is 0 Å². The smallest absolute Gasteiger partial charge is 0.440 e. The second-order valence-corrected chi connectivity index (χ2v) is 4.45. The van der Waals surface area contributed by atoms with Crippen molar-refractivity contribution in [3.63, 3.8) is 0 Å². The Morgan fingerprint density at radius 3 is 2.29 bits per heavy atom. The highest BCUT2D eigenvalue weighted by Gasteiger charge is 2.41. The molecule has 0 aromatic rings. The van der Waals surface area contributed by atoms with Crippen molar-refractivity contribution in [1.29, 1.82) is 0 Å². The van der Waals surface area contributed by atoms with E-state index in [0.29, 0.717) is 19.3 Å². The maximum atomic E-state index is 11.9. The number of rotatable bonds is 7. The van der Waals surface area contributed by atoms with Crippen LogP contribution < -0.4 is 5.73 Å². The number of carbonyl (C=O) groups excluding carboxylic acids is 3. The van der Waals surface area contributed by atoms with E-state index in [1.807, 2.05) is 0 Å². The van der Waals surface area contributed by atoms with Crippen molar-refractivity contribution in [3.8, 4) is 0 Å². The predicted molar refractivity (Wildman–Crippen MR) is 64.5 cm³/mol. The van der Waals surface area contributed by atoms with Gasteiger partial charge in [0, 0.05) is 18.7 Å². The van der Waals surface area contributed by atoms with Crippen molar-refractivity contribution >= 4 is 17.8 Å². The standard InChI is InChI=1S/C12H15F3N2O4/c13-12(14,15)11(20)21-8(16)4-2-1-3-7-17-9(18)5-6-10(17)19/h5-6,8H,1-4,7,16H2. The molecule has 0 spiro atoms. The third kappa shape index (κ3) is 5.54. The van der Waals surface area contributed by atoms with E-state index in [2.05, 4.69) is 4.74 Å². The molecule has 0 aromatic carbocycles. The zero-order valence-corrected chi connectivity index (χ0v) is 11.1. The van der Waals surface area contributed by atoms with Crippen molar-refractivity contribution in [3.05, 3.63) is 12.2 Å². The minimum atomic E-state index is -5.05. The summed E-state index contributed by atoms with van der Waals surface area (Å²) in [7, 11) is 0. The number of carbonyl (C=O) groups is 3. The summed E-state index contributed by atoms with van der Waals surface area (Å²) in [5.74, 6) is -3.07. The van der Waals surface area contributed by atoms with Crippen LogP contribution in [-0.2, 0) is 19.1 Å². The molecular weight excluding hydrogens is 293 g/mol. The molecule has 0 radical (unpaired) electrons. The lowest BCUT2D eigenvalue weighted by atomic mass is 10.1. The van der Waals surface area contributed by atoms with Crippen LogP contribution in [0, 0.1) is 0 Å². The zero-order chi connectivity index (χ0) is 16.0. The number of hydrogen-bond acceptors (Lipinski definition) is 5. The molecule has 1 aliphatic heterocycles. The summed E-state index contributed by atoms with van der Waals surface area (Å²) < 4.78 is 39.7. The van der Waals surface area contributed by atoms with E-state index in [-0.39, 0.29) is 24.8 Å². The van der Waals surface area contributed by atoms with Crippen LogP contribution in [0.25, 0.3) is 0 Å². The van der Waals surface area contributed by atoms with Gasteiger partial charge in [-0.2, -0.15) is 13.2 Å². The van der Waals surface area contributed by atoms with Crippen LogP contribution in [0.2, 0.25) is 0 Å². The quantitative estimate of drug-likeness (QED) is 0.326. The SMILES string of the molecule is NC(CCCCCN1C(=O)C=CC1=O)OC(=O)C(F)(F)F. The fourth-order valence-corrected chi connectivity index (χ4v) is 1.71. The maximum Gasteiger partial charge on any atom is 0.490 e. The van der Waals surface area contributed by atoms with Crippen LogP contribution in [-0.4, -0.2) is 41.6 Å². The van der Waals surface area contributed by atoms with Gasteiger partial charge >= 0.3 is 12.1 Å². The molecule has 21 heavy (non-hydrogen) atoms. The molecule has 1 rings (SSSR count). The molecule has 9 heteroatoms. The van der Waals surface area contributed by atoms with E-state index in [1.165, 1.54) is 12.2 Å². The number of amides is 2. The second kappa shape index (κ2) is 7.21. The Hall–Kier alpha value is -1.90. The van der Waals surface area contributed by atoms with Gasteiger partial charge < -0.3 is 4.74 Å². The molecule has 1 unspecified atom stereocenters. The lowest BCUT2D eigenvalue weighted by Gasteiger charge is -2.15. The lowest BCUT2D eigenvalue weighted by Crippen LogP contribution is -2.34. The number of nitrogens with two attached hydrogens (primary N) is 1. The number of unbranched alkanes of at least 4 members (excludes halogenated alkanes) is 2. The molecule has 1 atom stereocenters. The lowest BCUT2D eigenvalue weighted by molar-refractivity contribution is -0.204. The molecule has 0 aromatic heterocycles. The fourth-order valence-electron chi connectivity index (χ4n) is 1.71. The maximum absolute atomic E-state index is 11.9. The highest BCUT2D eigenvalue weighted by molar-refractivity contribution is 6.12. The number of esters is 1. The summed E-state index contributed by atoms with van der Waals surface area (Å²) in [6.45, 7) is 0.238. The highest BCUT2D eigenvalue weighted by atomic mass is 19.4. The summed E-state index contributed by atoms with van der Waals surface area (Å²) in [4.78, 5) is 34.0. The number of halogens is 3. The molecule has 6 nitrogen and oxygen atoms in total. The van der Waals surface area contributed by atoms with Crippen LogP contribution in [0.5, 0.6) is 0 Å². The molecule has 0 saturated carbocycles. The van der Waals surface area contributed by atoms with Gasteiger partial charge in [-0.25, -0.2) is 4.79 Å². The number of hydrogen-bond donors (Lipinski definition) is 1. The molecular formula is C12H15F3N2O4. The predicted octanol–water partition coefficient (Wildman–Crippen LogP) is 0.862. The van der Waals surface area contributed by atoms with Crippen molar-refractivity contribution in [1.82, 2.24) is 4.90 Å². The first-order valence-corrected chi connectivity index (χ1v) is 6.28.